The summed E-state index contributed by atoms with van der Waals surface area (Å²) in [5.41, 5.74) is 0.488. The van der Waals surface area contributed by atoms with E-state index in [1.165, 1.54) is 6.42 Å². The number of nitrogens with one attached hydrogen (secondary N) is 1. The van der Waals surface area contributed by atoms with Gasteiger partial charge in [-0.15, -0.1) is 0 Å². The normalized spacial score (nSPS) is 23.9. The lowest BCUT2D eigenvalue weighted by Gasteiger charge is -2.38. The second kappa shape index (κ2) is 5.15. The molecule has 4 nitrogen and oxygen atoms in total. The summed E-state index contributed by atoms with van der Waals surface area (Å²) in [5, 5.41) is 3.43. The van der Waals surface area contributed by atoms with E-state index in [1.807, 2.05) is 11.8 Å². The van der Waals surface area contributed by atoms with Crippen LogP contribution >= 0.6 is 0 Å². The fourth-order valence-corrected chi connectivity index (χ4v) is 2.73. The van der Waals surface area contributed by atoms with Crippen molar-refractivity contribution >= 4 is 5.91 Å². The summed E-state index contributed by atoms with van der Waals surface area (Å²) in [6.45, 7) is 6.90. The predicted molar refractivity (Wildman–Crippen MR) is 62.2 cm³/mol. The van der Waals surface area contributed by atoms with Crippen LogP contribution in [0.25, 0.3) is 0 Å². The first-order valence-electron chi connectivity index (χ1n) is 6.32. The number of hydrogen-bond acceptors (Lipinski definition) is 3. The molecule has 2 aliphatic heterocycles. The molecule has 1 N–H and O–H groups in total. The minimum atomic E-state index is 0.155. The summed E-state index contributed by atoms with van der Waals surface area (Å²) in [4.78, 5) is 13.7. The fraction of sp³-hybridized carbons (Fsp3) is 0.917. The first-order valence-corrected chi connectivity index (χ1v) is 6.32. The highest BCUT2D eigenvalue weighted by molar-refractivity contribution is 5.77. The third-order valence-electron chi connectivity index (χ3n) is 3.94. The minimum Gasteiger partial charge on any atom is -0.372 e. The molecule has 1 spiro atoms. The quantitative estimate of drug-likeness (QED) is 0.767. The molecule has 2 fully saturated rings. The van der Waals surface area contributed by atoms with Gasteiger partial charge in [0.15, 0.2) is 0 Å². The van der Waals surface area contributed by atoms with E-state index in [0.29, 0.717) is 12.0 Å². The first kappa shape index (κ1) is 11.9. The van der Waals surface area contributed by atoms with E-state index in [1.54, 1.807) is 0 Å². The van der Waals surface area contributed by atoms with Gasteiger partial charge in [-0.3, -0.25) is 4.79 Å². The Balaban J connectivity index is 1.78. The van der Waals surface area contributed by atoms with E-state index < -0.39 is 0 Å². The number of ether oxygens (including phenoxy) is 1. The van der Waals surface area contributed by atoms with Crippen LogP contribution in [0.15, 0.2) is 0 Å². The zero-order valence-corrected chi connectivity index (χ0v) is 10.1. The Hall–Kier alpha value is -0.610. The monoisotopic (exact) mass is 226 g/mol. The third kappa shape index (κ3) is 2.55. The van der Waals surface area contributed by atoms with E-state index in [2.05, 4.69) is 5.32 Å². The molecule has 1 amide bonds. The zero-order valence-electron chi connectivity index (χ0n) is 10.1. The van der Waals surface area contributed by atoms with E-state index in [9.17, 15) is 4.79 Å². The Labute approximate surface area is 97.3 Å². The van der Waals surface area contributed by atoms with Gasteiger partial charge in [-0.1, -0.05) is 0 Å². The van der Waals surface area contributed by atoms with E-state index >= 15 is 0 Å². The lowest BCUT2D eigenvalue weighted by Crippen LogP contribution is -2.45. The molecule has 2 saturated heterocycles. The van der Waals surface area contributed by atoms with Crippen LogP contribution < -0.4 is 5.32 Å². The lowest BCUT2D eigenvalue weighted by atomic mass is 9.78. The average molecular weight is 226 g/mol. The number of carbonyl (C=O) groups is 1. The number of rotatable bonds is 3. The highest BCUT2D eigenvalue weighted by atomic mass is 16.5. The number of nitrogens with zero attached hydrogens (tertiary/aromatic N) is 1. The number of piperidine rings is 1. The molecule has 4 heteroatoms. The van der Waals surface area contributed by atoms with Crippen LogP contribution in [0, 0.1) is 5.41 Å². The summed E-state index contributed by atoms with van der Waals surface area (Å²) >= 11 is 0. The van der Waals surface area contributed by atoms with E-state index in [0.717, 1.165) is 39.0 Å². The fourth-order valence-electron chi connectivity index (χ4n) is 2.73. The molecule has 0 aromatic carbocycles. The Morgan fingerprint density at radius 1 is 1.38 bits per heavy atom. The topological polar surface area (TPSA) is 41.6 Å². The van der Waals surface area contributed by atoms with Crippen molar-refractivity contribution in [3.8, 4) is 0 Å². The molecule has 0 aromatic heterocycles. The number of likely N-dealkylation sites (tertiary alicyclic amines) is 1. The molecule has 0 aliphatic carbocycles. The highest BCUT2D eigenvalue weighted by Gasteiger charge is 2.37. The highest BCUT2D eigenvalue weighted by Crippen LogP contribution is 2.36. The van der Waals surface area contributed by atoms with Gasteiger partial charge in [0, 0.05) is 26.2 Å². The van der Waals surface area contributed by atoms with Crippen LogP contribution in [0.2, 0.25) is 0 Å². The molecular formula is C12H22N2O2. The Morgan fingerprint density at radius 2 is 2.12 bits per heavy atom. The maximum absolute atomic E-state index is 11.7. The molecule has 0 radical (unpaired) electrons. The van der Waals surface area contributed by atoms with E-state index in [-0.39, 0.29) is 12.5 Å². The van der Waals surface area contributed by atoms with Gasteiger partial charge in [0.05, 0.1) is 0 Å². The maximum Gasteiger partial charge on any atom is 0.248 e. The van der Waals surface area contributed by atoms with Crippen molar-refractivity contribution in [2.24, 2.45) is 5.41 Å². The second-order valence-corrected chi connectivity index (χ2v) is 4.94. The second-order valence-electron chi connectivity index (χ2n) is 4.94. The Kier molecular flexibility index (Phi) is 3.82. The molecule has 0 bridgehead atoms. The van der Waals surface area contributed by atoms with Crippen molar-refractivity contribution in [1.29, 1.82) is 0 Å². The summed E-state index contributed by atoms with van der Waals surface area (Å²) in [6, 6.07) is 0. The van der Waals surface area contributed by atoms with Gasteiger partial charge in [-0.05, 0) is 38.1 Å². The molecular weight excluding hydrogens is 204 g/mol. The van der Waals surface area contributed by atoms with Crippen molar-refractivity contribution in [3.63, 3.8) is 0 Å². The molecule has 0 atom stereocenters. The van der Waals surface area contributed by atoms with Crippen molar-refractivity contribution < 1.29 is 9.53 Å². The average Bonchev–Trinajstić information content (AvgIpc) is 2.75. The van der Waals surface area contributed by atoms with E-state index in [4.69, 9.17) is 4.74 Å². The van der Waals surface area contributed by atoms with Crippen LogP contribution in [-0.4, -0.2) is 50.2 Å². The lowest BCUT2D eigenvalue weighted by molar-refractivity contribution is -0.138. The van der Waals surface area contributed by atoms with Crippen LogP contribution in [-0.2, 0) is 9.53 Å². The molecule has 2 aliphatic rings. The van der Waals surface area contributed by atoms with Gasteiger partial charge >= 0.3 is 0 Å². The Bertz CT molecular complexity index is 239. The molecule has 0 unspecified atom stereocenters. The Morgan fingerprint density at radius 3 is 2.69 bits per heavy atom. The largest absolute Gasteiger partial charge is 0.372 e. The van der Waals surface area contributed by atoms with Crippen molar-refractivity contribution in [1.82, 2.24) is 10.2 Å². The van der Waals surface area contributed by atoms with Gasteiger partial charge in [-0.25, -0.2) is 0 Å². The molecule has 2 rings (SSSR count). The number of hydrogen-bond donors (Lipinski definition) is 1. The van der Waals surface area contributed by atoms with Gasteiger partial charge in [0.2, 0.25) is 5.91 Å². The van der Waals surface area contributed by atoms with Gasteiger partial charge < -0.3 is 15.0 Å². The predicted octanol–water partition coefficient (Wildman–Crippen LogP) is 0.625. The summed E-state index contributed by atoms with van der Waals surface area (Å²) < 4.78 is 5.16. The molecule has 2 heterocycles. The molecule has 0 saturated carbocycles. The van der Waals surface area contributed by atoms with Crippen molar-refractivity contribution in [2.75, 3.05) is 39.4 Å². The van der Waals surface area contributed by atoms with Crippen LogP contribution in [0.1, 0.15) is 26.2 Å². The number of amides is 1. The first-order chi connectivity index (χ1) is 7.76. The SMILES string of the molecule is CCOCC(=O)N1CCC2(CCNC2)CC1. The van der Waals surface area contributed by atoms with Gasteiger partial charge in [0.1, 0.15) is 6.61 Å². The summed E-state index contributed by atoms with van der Waals surface area (Å²) in [7, 11) is 0. The standard InChI is InChI=1S/C12H22N2O2/c1-2-16-9-11(15)14-7-4-12(5-8-14)3-6-13-10-12/h13H,2-10H2,1H3. The van der Waals surface area contributed by atoms with Crippen molar-refractivity contribution in [2.45, 2.75) is 26.2 Å². The minimum absolute atomic E-state index is 0.155. The maximum atomic E-state index is 11.7. The smallest absolute Gasteiger partial charge is 0.248 e. The van der Waals surface area contributed by atoms with Gasteiger partial charge in [-0.2, -0.15) is 0 Å². The molecule has 0 aromatic rings. The molecule has 92 valence electrons. The number of carbonyl (C=O) groups excluding carboxylic acids is 1. The van der Waals surface area contributed by atoms with Crippen molar-refractivity contribution in [3.05, 3.63) is 0 Å². The zero-order chi connectivity index (χ0) is 11.4. The van der Waals surface area contributed by atoms with Crippen LogP contribution in [0.4, 0.5) is 0 Å². The van der Waals surface area contributed by atoms with Crippen LogP contribution in [0.3, 0.4) is 0 Å². The summed E-state index contributed by atoms with van der Waals surface area (Å²) in [6.07, 6.45) is 3.58. The van der Waals surface area contributed by atoms with Gasteiger partial charge in [0.25, 0.3) is 0 Å². The summed E-state index contributed by atoms with van der Waals surface area (Å²) in [5.74, 6) is 0.155. The van der Waals surface area contributed by atoms with Crippen LogP contribution in [0.5, 0.6) is 0 Å². The third-order valence-corrected chi connectivity index (χ3v) is 3.94. The molecule has 16 heavy (non-hydrogen) atoms.